The van der Waals surface area contributed by atoms with Gasteiger partial charge in [-0.15, -0.1) is 11.3 Å². The van der Waals surface area contributed by atoms with Crippen LogP contribution >= 0.6 is 27.3 Å². The zero-order valence-corrected chi connectivity index (χ0v) is 15.3. The molecule has 5 heteroatoms. The molecule has 4 bridgehead atoms. The molecule has 0 spiro atoms. The van der Waals surface area contributed by atoms with Crippen molar-refractivity contribution in [3.05, 3.63) is 16.1 Å². The SMILES string of the molecule is Cc1nc(COC(=O)CC23C[C@@H]4C[C@@H](CC(Br)(C4)C2)C3)cs1. The molecule has 4 aliphatic carbocycles. The molecule has 4 aliphatic rings. The first-order chi connectivity index (χ1) is 10.4. The number of alkyl halides is 1. The zero-order valence-electron chi connectivity index (χ0n) is 12.9. The second-order valence-electron chi connectivity index (χ2n) is 7.81. The lowest BCUT2D eigenvalue weighted by molar-refractivity contribution is -0.152. The van der Waals surface area contributed by atoms with Gasteiger partial charge in [-0.25, -0.2) is 4.98 Å². The number of aromatic nitrogens is 1. The van der Waals surface area contributed by atoms with Crippen molar-refractivity contribution in [1.82, 2.24) is 4.98 Å². The van der Waals surface area contributed by atoms with Crippen LogP contribution in [0.1, 0.15) is 55.6 Å². The van der Waals surface area contributed by atoms with Crippen molar-refractivity contribution >= 4 is 33.2 Å². The van der Waals surface area contributed by atoms with Crippen LogP contribution in [0.4, 0.5) is 0 Å². The highest BCUT2D eigenvalue weighted by Crippen LogP contribution is 2.65. The number of ether oxygens (including phenoxy) is 1. The Balaban J connectivity index is 1.39. The van der Waals surface area contributed by atoms with E-state index in [1.807, 2.05) is 12.3 Å². The molecule has 5 rings (SSSR count). The minimum absolute atomic E-state index is 0.0382. The Morgan fingerprint density at radius 3 is 2.73 bits per heavy atom. The van der Waals surface area contributed by atoms with Crippen molar-refractivity contribution in [2.75, 3.05) is 0 Å². The van der Waals surface area contributed by atoms with E-state index in [9.17, 15) is 4.79 Å². The lowest BCUT2D eigenvalue weighted by Gasteiger charge is -2.60. The van der Waals surface area contributed by atoms with E-state index in [1.165, 1.54) is 32.1 Å². The van der Waals surface area contributed by atoms with E-state index in [2.05, 4.69) is 20.9 Å². The first kappa shape index (κ1) is 15.1. The van der Waals surface area contributed by atoms with E-state index in [0.717, 1.165) is 29.0 Å². The minimum Gasteiger partial charge on any atom is -0.459 e. The summed E-state index contributed by atoms with van der Waals surface area (Å²) >= 11 is 5.60. The summed E-state index contributed by atoms with van der Waals surface area (Å²) in [5, 5.41) is 2.99. The fourth-order valence-electron chi connectivity index (χ4n) is 5.53. The quantitative estimate of drug-likeness (QED) is 0.562. The topological polar surface area (TPSA) is 39.2 Å². The number of hydrogen-bond acceptors (Lipinski definition) is 4. The van der Waals surface area contributed by atoms with E-state index in [-0.39, 0.29) is 11.4 Å². The van der Waals surface area contributed by atoms with E-state index < -0.39 is 0 Å². The average Bonchev–Trinajstić information content (AvgIpc) is 2.78. The molecule has 0 aromatic carbocycles. The number of carbonyl (C=O) groups is 1. The molecule has 4 fully saturated rings. The lowest BCUT2D eigenvalue weighted by Crippen LogP contribution is -2.53. The summed E-state index contributed by atoms with van der Waals surface area (Å²) in [5.74, 6) is 1.59. The molecule has 1 aromatic rings. The highest BCUT2D eigenvalue weighted by molar-refractivity contribution is 9.10. The summed E-state index contributed by atoms with van der Waals surface area (Å²) in [6.45, 7) is 2.30. The van der Waals surface area contributed by atoms with Crippen LogP contribution < -0.4 is 0 Å². The minimum atomic E-state index is -0.0382. The maximum Gasteiger partial charge on any atom is 0.306 e. The molecule has 3 nitrogen and oxygen atoms in total. The van der Waals surface area contributed by atoms with Gasteiger partial charge in [-0.3, -0.25) is 4.79 Å². The number of hydrogen-bond donors (Lipinski definition) is 0. The van der Waals surface area contributed by atoms with E-state index in [1.54, 1.807) is 11.3 Å². The molecule has 0 radical (unpaired) electrons. The standard InChI is InChI=1S/C17H22BrNO2S/c1-11-19-14(9-22-11)8-21-15(20)7-16-3-12-2-13(4-16)6-17(18,5-12)10-16/h9,12-13H,2-8,10H2,1H3/t12-,13+,16?,17?. The second-order valence-corrected chi connectivity index (χ2v) is 10.6. The molecular weight excluding hydrogens is 362 g/mol. The van der Waals surface area contributed by atoms with Crippen molar-refractivity contribution in [2.45, 2.75) is 62.8 Å². The number of carbonyl (C=O) groups excluding carboxylic acids is 1. The molecule has 120 valence electrons. The largest absolute Gasteiger partial charge is 0.459 e. The van der Waals surface area contributed by atoms with Crippen LogP contribution in [-0.4, -0.2) is 15.3 Å². The number of esters is 1. The Bertz CT molecular complexity index is 585. The van der Waals surface area contributed by atoms with Gasteiger partial charge in [-0.1, -0.05) is 15.9 Å². The van der Waals surface area contributed by atoms with Crippen molar-refractivity contribution in [3.63, 3.8) is 0 Å². The summed E-state index contributed by atoms with van der Waals surface area (Å²) in [6, 6.07) is 0. The Morgan fingerprint density at radius 2 is 2.14 bits per heavy atom. The second kappa shape index (κ2) is 5.30. The maximum absolute atomic E-state index is 12.4. The average molecular weight is 384 g/mol. The highest BCUT2D eigenvalue weighted by atomic mass is 79.9. The third-order valence-corrected chi connectivity index (χ3v) is 7.43. The Kier molecular flexibility index (Phi) is 3.65. The Labute approximate surface area is 144 Å². The first-order valence-corrected chi connectivity index (χ1v) is 9.87. The van der Waals surface area contributed by atoms with Crippen LogP contribution in [0.2, 0.25) is 0 Å². The number of halogens is 1. The van der Waals surface area contributed by atoms with E-state index in [0.29, 0.717) is 17.4 Å². The summed E-state index contributed by atoms with van der Waals surface area (Å²) in [4.78, 5) is 16.7. The molecular formula is C17H22BrNO2S. The zero-order chi connectivity index (χ0) is 15.4. The van der Waals surface area contributed by atoms with Crippen molar-refractivity contribution in [1.29, 1.82) is 0 Å². The van der Waals surface area contributed by atoms with Gasteiger partial charge in [0.1, 0.15) is 6.61 Å². The van der Waals surface area contributed by atoms with Gasteiger partial charge in [0, 0.05) is 9.70 Å². The molecule has 4 saturated carbocycles. The van der Waals surface area contributed by atoms with Crippen LogP contribution in [0.3, 0.4) is 0 Å². The molecule has 1 heterocycles. The molecule has 2 unspecified atom stereocenters. The summed E-state index contributed by atoms with van der Waals surface area (Å²) in [5.41, 5.74) is 1.07. The maximum atomic E-state index is 12.4. The van der Waals surface area contributed by atoms with Crippen LogP contribution in [-0.2, 0) is 16.1 Å². The summed E-state index contributed by atoms with van der Waals surface area (Å²) in [7, 11) is 0. The Hall–Kier alpha value is -0.420. The molecule has 22 heavy (non-hydrogen) atoms. The first-order valence-electron chi connectivity index (χ1n) is 8.19. The molecule has 0 N–H and O–H groups in total. The van der Waals surface area contributed by atoms with E-state index >= 15 is 0 Å². The van der Waals surface area contributed by atoms with Crippen molar-refractivity contribution in [3.8, 4) is 0 Å². The van der Waals surface area contributed by atoms with Gasteiger partial charge in [0.2, 0.25) is 0 Å². The molecule has 0 saturated heterocycles. The summed E-state index contributed by atoms with van der Waals surface area (Å²) in [6.07, 6.45) is 8.18. The fourth-order valence-corrected chi connectivity index (χ4v) is 7.64. The van der Waals surface area contributed by atoms with Gasteiger partial charge in [-0.2, -0.15) is 0 Å². The number of nitrogens with zero attached hydrogens (tertiary/aromatic N) is 1. The smallest absolute Gasteiger partial charge is 0.306 e. The monoisotopic (exact) mass is 383 g/mol. The number of thiazole rings is 1. The molecule has 0 aliphatic heterocycles. The van der Waals surface area contributed by atoms with Crippen LogP contribution in [0, 0.1) is 24.2 Å². The van der Waals surface area contributed by atoms with Gasteiger partial charge in [0.05, 0.1) is 17.1 Å². The number of aryl methyl sites for hydroxylation is 1. The van der Waals surface area contributed by atoms with E-state index in [4.69, 9.17) is 4.74 Å². The van der Waals surface area contributed by atoms with Gasteiger partial charge in [0.15, 0.2) is 0 Å². The van der Waals surface area contributed by atoms with Gasteiger partial charge < -0.3 is 4.74 Å². The molecule has 1 aromatic heterocycles. The van der Waals surface area contributed by atoms with Gasteiger partial charge >= 0.3 is 5.97 Å². The molecule has 0 amide bonds. The van der Waals surface area contributed by atoms with Crippen LogP contribution in [0.25, 0.3) is 0 Å². The highest BCUT2D eigenvalue weighted by Gasteiger charge is 2.57. The van der Waals surface area contributed by atoms with Crippen molar-refractivity contribution in [2.24, 2.45) is 17.3 Å². The third-order valence-electron chi connectivity index (χ3n) is 5.68. The van der Waals surface area contributed by atoms with Gasteiger partial charge in [0.25, 0.3) is 0 Å². The fraction of sp³-hybridized carbons (Fsp3) is 0.765. The van der Waals surface area contributed by atoms with Crippen LogP contribution in [0.15, 0.2) is 5.38 Å². The third kappa shape index (κ3) is 2.86. The molecule has 4 atom stereocenters. The number of rotatable bonds is 4. The predicted molar refractivity (Wildman–Crippen MR) is 90.0 cm³/mol. The lowest BCUT2D eigenvalue weighted by atomic mass is 9.49. The predicted octanol–water partition coefficient (Wildman–Crippen LogP) is 4.62. The van der Waals surface area contributed by atoms with Gasteiger partial charge in [-0.05, 0) is 62.7 Å². The normalized spacial score (nSPS) is 39.2. The summed E-state index contributed by atoms with van der Waals surface area (Å²) < 4.78 is 5.81. The van der Waals surface area contributed by atoms with Crippen LogP contribution in [0.5, 0.6) is 0 Å². The Morgan fingerprint density at radius 1 is 1.41 bits per heavy atom. The van der Waals surface area contributed by atoms with Crippen molar-refractivity contribution < 1.29 is 9.53 Å².